The summed E-state index contributed by atoms with van der Waals surface area (Å²) >= 11 is 0. The molecule has 1 aliphatic rings. The first kappa shape index (κ1) is 13.2. The van der Waals surface area contributed by atoms with E-state index in [9.17, 15) is 8.78 Å². The van der Waals surface area contributed by atoms with Crippen molar-refractivity contribution in [2.24, 2.45) is 0 Å². The molecule has 3 rings (SSSR count). The minimum Gasteiger partial charge on any atom is -0.295 e. The second kappa shape index (κ2) is 4.98. The van der Waals surface area contributed by atoms with Crippen molar-refractivity contribution in [1.29, 1.82) is 0 Å². The molecular weight excluding hydrogens is 260 g/mol. The van der Waals surface area contributed by atoms with Crippen molar-refractivity contribution in [3.8, 4) is 0 Å². The maximum atomic E-state index is 13.6. The monoisotopic (exact) mass is 277 g/mol. The highest BCUT2D eigenvalue weighted by Gasteiger charge is 2.30. The van der Waals surface area contributed by atoms with E-state index in [1.807, 2.05) is 18.5 Å². The first-order valence-corrected chi connectivity index (χ1v) is 6.72. The highest BCUT2D eigenvalue weighted by atomic mass is 19.2. The number of nitrogens with zero attached hydrogens (tertiary/aromatic N) is 3. The first-order valence-electron chi connectivity index (χ1n) is 6.72. The summed E-state index contributed by atoms with van der Waals surface area (Å²) < 4.78 is 28.8. The van der Waals surface area contributed by atoms with Crippen LogP contribution in [-0.4, -0.2) is 27.8 Å². The zero-order valence-corrected chi connectivity index (χ0v) is 11.6. The Morgan fingerprint density at radius 2 is 2.00 bits per heavy atom. The average molecular weight is 277 g/mol. The second-order valence-electron chi connectivity index (χ2n) is 5.43. The molecule has 1 aromatic heterocycles. The number of likely N-dealkylation sites (tertiary alicyclic amines) is 1. The molecule has 2 heterocycles. The van der Waals surface area contributed by atoms with E-state index in [2.05, 4.69) is 16.1 Å². The predicted octanol–water partition coefficient (Wildman–Crippen LogP) is 2.84. The van der Waals surface area contributed by atoms with Gasteiger partial charge >= 0.3 is 0 Å². The Hall–Kier alpha value is -1.75. The molecule has 0 radical (unpaired) electrons. The van der Waals surface area contributed by atoms with Crippen LogP contribution in [0, 0.1) is 25.5 Å². The fourth-order valence-electron chi connectivity index (χ4n) is 2.75. The van der Waals surface area contributed by atoms with Gasteiger partial charge in [0.15, 0.2) is 11.6 Å². The number of aromatic nitrogens is 2. The van der Waals surface area contributed by atoms with Crippen molar-refractivity contribution >= 4 is 0 Å². The van der Waals surface area contributed by atoms with Crippen LogP contribution in [0.2, 0.25) is 0 Å². The Morgan fingerprint density at radius 1 is 1.25 bits per heavy atom. The fourth-order valence-corrected chi connectivity index (χ4v) is 2.75. The third-order valence-electron chi connectivity index (χ3n) is 3.75. The van der Waals surface area contributed by atoms with Crippen molar-refractivity contribution in [3.05, 3.63) is 52.9 Å². The largest absolute Gasteiger partial charge is 0.295 e. The lowest BCUT2D eigenvalue weighted by Gasteiger charge is -2.39. The summed E-state index contributed by atoms with van der Waals surface area (Å²) in [6.07, 6.45) is 0. The summed E-state index contributed by atoms with van der Waals surface area (Å²) in [5, 5.41) is 4.46. The summed E-state index contributed by atoms with van der Waals surface area (Å²) in [4.78, 5) is 2.10. The summed E-state index contributed by atoms with van der Waals surface area (Å²) in [5.41, 5.74) is 2.57. The van der Waals surface area contributed by atoms with Crippen LogP contribution in [0.1, 0.15) is 23.0 Å². The molecule has 0 unspecified atom stereocenters. The molecule has 3 nitrogen and oxygen atoms in total. The summed E-state index contributed by atoms with van der Waals surface area (Å²) in [5.74, 6) is -1.51. The molecule has 2 aromatic rings. The van der Waals surface area contributed by atoms with Gasteiger partial charge in [0, 0.05) is 30.9 Å². The molecule has 106 valence electrons. The maximum absolute atomic E-state index is 13.6. The minimum absolute atomic E-state index is 0.334. The van der Waals surface area contributed by atoms with Crippen molar-refractivity contribution in [2.75, 3.05) is 13.1 Å². The third kappa shape index (κ3) is 2.33. The van der Waals surface area contributed by atoms with Gasteiger partial charge in [0.05, 0.1) is 11.7 Å². The molecule has 0 amide bonds. The van der Waals surface area contributed by atoms with E-state index in [4.69, 9.17) is 0 Å². The van der Waals surface area contributed by atoms with Crippen LogP contribution in [-0.2, 0) is 6.54 Å². The smallest absolute Gasteiger partial charge is 0.163 e. The Kier molecular flexibility index (Phi) is 3.30. The molecule has 1 aromatic carbocycles. The van der Waals surface area contributed by atoms with Gasteiger partial charge in [-0.3, -0.25) is 9.58 Å². The number of hydrogen-bond donors (Lipinski definition) is 0. The van der Waals surface area contributed by atoms with Gasteiger partial charge in [-0.1, -0.05) is 12.1 Å². The van der Waals surface area contributed by atoms with Crippen molar-refractivity contribution in [2.45, 2.75) is 26.4 Å². The first-order chi connectivity index (χ1) is 9.54. The molecule has 1 aliphatic heterocycles. The normalized spacial score (nSPS) is 16.4. The number of aryl methyl sites for hydroxylation is 2. The molecule has 0 saturated carbocycles. The van der Waals surface area contributed by atoms with Gasteiger partial charge in [-0.05, 0) is 26.0 Å². The van der Waals surface area contributed by atoms with Crippen LogP contribution in [0.4, 0.5) is 8.78 Å². The lowest BCUT2D eigenvalue weighted by Crippen LogP contribution is -2.47. The third-order valence-corrected chi connectivity index (χ3v) is 3.75. The SMILES string of the molecule is Cc1cc(C)n(C2CN(Cc3cccc(F)c3F)C2)n1. The molecule has 0 N–H and O–H groups in total. The fraction of sp³-hybridized carbons (Fsp3) is 0.400. The highest BCUT2D eigenvalue weighted by molar-refractivity contribution is 5.19. The number of rotatable bonds is 3. The molecule has 0 atom stereocenters. The van der Waals surface area contributed by atoms with E-state index in [0.717, 1.165) is 30.5 Å². The Labute approximate surface area is 116 Å². The zero-order chi connectivity index (χ0) is 14.3. The number of benzene rings is 1. The van der Waals surface area contributed by atoms with E-state index >= 15 is 0 Å². The summed E-state index contributed by atoms with van der Waals surface area (Å²) in [6.45, 7) is 6.09. The van der Waals surface area contributed by atoms with Gasteiger partial charge < -0.3 is 0 Å². The molecule has 0 aliphatic carbocycles. The number of hydrogen-bond acceptors (Lipinski definition) is 2. The zero-order valence-electron chi connectivity index (χ0n) is 11.6. The molecule has 1 saturated heterocycles. The molecule has 0 bridgehead atoms. The second-order valence-corrected chi connectivity index (χ2v) is 5.43. The molecule has 5 heteroatoms. The van der Waals surface area contributed by atoms with Gasteiger partial charge in [0.25, 0.3) is 0 Å². The summed E-state index contributed by atoms with van der Waals surface area (Å²) in [6, 6.07) is 6.71. The van der Waals surface area contributed by atoms with Crippen LogP contribution in [0.25, 0.3) is 0 Å². The van der Waals surface area contributed by atoms with Gasteiger partial charge in [-0.2, -0.15) is 5.10 Å². The van der Waals surface area contributed by atoms with E-state index in [1.54, 1.807) is 12.1 Å². The molecule has 1 fully saturated rings. The molecule has 0 spiro atoms. The van der Waals surface area contributed by atoms with Crippen LogP contribution in [0.15, 0.2) is 24.3 Å². The minimum atomic E-state index is -0.780. The van der Waals surface area contributed by atoms with Crippen LogP contribution in [0.3, 0.4) is 0 Å². The standard InChI is InChI=1S/C15H17F2N3/c1-10-6-11(2)20(18-10)13-8-19(9-13)7-12-4-3-5-14(16)15(12)17/h3-6,13H,7-9H2,1-2H3. The lowest BCUT2D eigenvalue weighted by molar-refractivity contribution is 0.0879. The van der Waals surface area contributed by atoms with Crippen molar-refractivity contribution in [1.82, 2.24) is 14.7 Å². The summed E-state index contributed by atoms with van der Waals surface area (Å²) in [7, 11) is 0. The van der Waals surface area contributed by atoms with Crippen LogP contribution in [0.5, 0.6) is 0 Å². The van der Waals surface area contributed by atoms with Gasteiger partial charge in [-0.15, -0.1) is 0 Å². The van der Waals surface area contributed by atoms with Crippen LogP contribution >= 0.6 is 0 Å². The lowest BCUT2D eigenvalue weighted by atomic mass is 10.1. The Morgan fingerprint density at radius 3 is 2.65 bits per heavy atom. The van der Waals surface area contributed by atoms with Crippen molar-refractivity contribution < 1.29 is 8.78 Å². The Bertz CT molecular complexity index is 630. The van der Waals surface area contributed by atoms with E-state index in [0.29, 0.717) is 18.2 Å². The average Bonchev–Trinajstić information content (AvgIpc) is 2.67. The van der Waals surface area contributed by atoms with Crippen LogP contribution < -0.4 is 0 Å². The highest BCUT2D eigenvalue weighted by Crippen LogP contribution is 2.25. The maximum Gasteiger partial charge on any atom is 0.163 e. The van der Waals surface area contributed by atoms with E-state index in [-0.39, 0.29) is 0 Å². The van der Waals surface area contributed by atoms with Gasteiger partial charge in [0.1, 0.15) is 0 Å². The van der Waals surface area contributed by atoms with E-state index < -0.39 is 11.6 Å². The predicted molar refractivity (Wildman–Crippen MR) is 72.4 cm³/mol. The topological polar surface area (TPSA) is 21.1 Å². The van der Waals surface area contributed by atoms with Gasteiger partial charge in [-0.25, -0.2) is 8.78 Å². The Balaban J connectivity index is 1.64. The molecular formula is C15H17F2N3. The van der Waals surface area contributed by atoms with E-state index in [1.165, 1.54) is 0 Å². The quantitative estimate of drug-likeness (QED) is 0.860. The van der Waals surface area contributed by atoms with Gasteiger partial charge in [0.2, 0.25) is 0 Å². The molecule has 20 heavy (non-hydrogen) atoms. The van der Waals surface area contributed by atoms with Crippen molar-refractivity contribution in [3.63, 3.8) is 0 Å². The number of halogens is 2.